The zero-order chi connectivity index (χ0) is 15.4. The van der Waals surface area contributed by atoms with Gasteiger partial charge in [-0.05, 0) is 52.2 Å². The van der Waals surface area contributed by atoms with E-state index in [2.05, 4.69) is 4.98 Å². The first kappa shape index (κ1) is 14.5. The summed E-state index contributed by atoms with van der Waals surface area (Å²) in [4.78, 5) is 4.29. The molecule has 0 bridgehead atoms. The van der Waals surface area contributed by atoms with Gasteiger partial charge in [-0.15, -0.1) is 0 Å². The molecule has 110 valence electrons. The molecular weight excluding hydrogens is 268 g/mol. The van der Waals surface area contributed by atoms with Crippen LogP contribution in [0.3, 0.4) is 0 Å². The molecule has 1 aromatic heterocycles. The molecular formula is C16H19BFNO2. The number of para-hydroxylation sites is 1. The summed E-state index contributed by atoms with van der Waals surface area (Å²) in [5.74, 6) is -0.325. The van der Waals surface area contributed by atoms with Crippen LogP contribution in [0.5, 0.6) is 0 Å². The lowest BCUT2D eigenvalue weighted by molar-refractivity contribution is 0.00578. The number of nitrogens with zero attached hydrogens (tertiary/aromatic N) is 1. The summed E-state index contributed by atoms with van der Waals surface area (Å²) in [5.41, 5.74) is 1.10. The number of aryl methyl sites for hydroxylation is 1. The molecule has 21 heavy (non-hydrogen) atoms. The molecule has 0 spiro atoms. The normalized spacial score (nSPS) is 20.2. The predicted molar refractivity (Wildman–Crippen MR) is 82.2 cm³/mol. The van der Waals surface area contributed by atoms with E-state index in [-0.39, 0.29) is 5.82 Å². The van der Waals surface area contributed by atoms with Gasteiger partial charge in [-0.3, -0.25) is 4.98 Å². The molecule has 1 aromatic carbocycles. The van der Waals surface area contributed by atoms with Gasteiger partial charge in [0.05, 0.1) is 11.2 Å². The van der Waals surface area contributed by atoms with Gasteiger partial charge in [-0.25, -0.2) is 4.39 Å². The Balaban J connectivity index is 2.16. The van der Waals surface area contributed by atoms with Crippen molar-refractivity contribution in [1.82, 2.24) is 4.98 Å². The molecule has 2 aromatic rings. The van der Waals surface area contributed by atoms with Crippen LogP contribution < -0.4 is 5.46 Å². The van der Waals surface area contributed by atoms with Crippen molar-refractivity contribution in [1.29, 1.82) is 0 Å². The smallest absolute Gasteiger partial charge is 0.399 e. The van der Waals surface area contributed by atoms with Gasteiger partial charge in [0.2, 0.25) is 0 Å². The van der Waals surface area contributed by atoms with Crippen LogP contribution in [0.2, 0.25) is 0 Å². The Labute approximate surface area is 124 Å². The molecule has 0 N–H and O–H groups in total. The topological polar surface area (TPSA) is 31.4 Å². The van der Waals surface area contributed by atoms with Crippen LogP contribution in [0.25, 0.3) is 10.9 Å². The van der Waals surface area contributed by atoms with E-state index in [4.69, 9.17) is 9.31 Å². The second-order valence-corrected chi connectivity index (χ2v) is 6.58. The second kappa shape index (κ2) is 4.52. The van der Waals surface area contributed by atoms with Gasteiger partial charge in [0.1, 0.15) is 11.3 Å². The fourth-order valence-electron chi connectivity index (χ4n) is 2.54. The van der Waals surface area contributed by atoms with E-state index in [0.717, 1.165) is 16.5 Å². The van der Waals surface area contributed by atoms with E-state index < -0.39 is 18.3 Å². The zero-order valence-corrected chi connectivity index (χ0v) is 13.0. The first-order chi connectivity index (χ1) is 9.71. The lowest BCUT2D eigenvalue weighted by Gasteiger charge is -2.32. The van der Waals surface area contributed by atoms with E-state index in [0.29, 0.717) is 5.52 Å². The molecule has 0 radical (unpaired) electrons. The molecule has 3 rings (SSSR count). The van der Waals surface area contributed by atoms with E-state index in [1.165, 1.54) is 6.07 Å². The Morgan fingerprint density at radius 1 is 1.10 bits per heavy atom. The first-order valence-electron chi connectivity index (χ1n) is 7.13. The fourth-order valence-corrected chi connectivity index (χ4v) is 2.54. The SMILES string of the molecule is Cc1cc(B2OC(C)(C)C(C)(C)O2)c2cccc(F)c2n1. The maximum absolute atomic E-state index is 14.0. The number of hydrogen-bond acceptors (Lipinski definition) is 3. The molecule has 1 aliphatic rings. The van der Waals surface area contributed by atoms with Gasteiger partial charge in [0.15, 0.2) is 0 Å². The van der Waals surface area contributed by atoms with Crippen molar-refractivity contribution in [3.05, 3.63) is 35.8 Å². The monoisotopic (exact) mass is 287 g/mol. The minimum absolute atomic E-state index is 0.325. The number of hydrogen-bond donors (Lipinski definition) is 0. The van der Waals surface area contributed by atoms with Gasteiger partial charge in [0.25, 0.3) is 0 Å². The molecule has 5 heteroatoms. The lowest BCUT2D eigenvalue weighted by Crippen LogP contribution is -2.41. The highest BCUT2D eigenvalue weighted by Crippen LogP contribution is 2.37. The number of rotatable bonds is 1. The Morgan fingerprint density at radius 3 is 2.33 bits per heavy atom. The molecule has 1 saturated heterocycles. The van der Waals surface area contributed by atoms with Crippen molar-refractivity contribution in [3.8, 4) is 0 Å². The third-order valence-corrected chi connectivity index (χ3v) is 4.46. The highest BCUT2D eigenvalue weighted by molar-refractivity contribution is 6.65. The highest BCUT2D eigenvalue weighted by Gasteiger charge is 2.52. The molecule has 0 atom stereocenters. The first-order valence-corrected chi connectivity index (χ1v) is 7.13. The van der Waals surface area contributed by atoms with Crippen LogP contribution in [0, 0.1) is 12.7 Å². The second-order valence-electron chi connectivity index (χ2n) is 6.58. The summed E-state index contributed by atoms with van der Waals surface area (Å²) < 4.78 is 26.2. The van der Waals surface area contributed by atoms with Crippen molar-refractivity contribution >= 4 is 23.5 Å². The van der Waals surface area contributed by atoms with Crippen molar-refractivity contribution in [2.45, 2.75) is 45.8 Å². The van der Waals surface area contributed by atoms with Crippen LogP contribution in [0.15, 0.2) is 24.3 Å². The summed E-state index contributed by atoms with van der Waals surface area (Å²) in [6.45, 7) is 9.86. The molecule has 0 aliphatic carbocycles. The molecule has 0 unspecified atom stereocenters. The predicted octanol–water partition coefficient (Wildman–Crippen LogP) is 2.98. The van der Waals surface area contributed by atoms with Gasteiger partial charge >= 0.3 is 7.12 Å². The van der Waals surface area contributed by atoms with Gasteiger partial charge in [-0.2, -0.15) is 0 Å². The number of benzene rings is 1. The van der Waals surface area contributed by atoms with Crippen molar-refractivity contribution in [2.24, 2.45) is 0 Å². The highest BCUT2D eigenvalue weighted by atomic mass is 19.1. The van der Waals surface area contributed by atoms with Crippen LogP contribution >= 0.6 is 0 Å². The quantitative estimate of drug-likeness (QED) is 0.756. The van der Waals surface area contributed by atoms with Crippen LogP contribution in [0.1, 0.15) is 33.4 Å². The Hall–Kier alpha value is -1.46. The summed E-state index contributed by atoms with van der Waals surface area (Å²) >= 11 is 0. The Morgan fingerprint density at radius 2 is 1.71 bits per heavy atom. The van der Waals surface area contributed by atoms with E-state index in [1.54, 1.807) is 6.07 Å². The number of fused-ring (bicyclic) bond motifs is 1. The van der Waals surface area contributed by atoms with Crippen molar-refractivity contribution in [3.63, 3.8) is 0 Å². The summed E-state index contributed by atoms with van der Waals surface area (Å²) in [6, 6.07) is 6.86. The molecule has 0 saturated carbocycles. The summed E-state index contributed by atoms with van der Waals surface area (Å²) in [5, 5.41) is 0.735. The molecule has 2 heterocycles. The number of aromatic nitrogens is 1. The van der Waals surface area contributed by atoms with Gasteiger partial charge in [-0.1, -0.05) is 12.1 Å². The maximum atomic E-state index is 14.0. The van der Waals surface area contributed by atoms with Crippen LogP contribution in [-0.2, 0) is 9.31 Å². The minimum atomic E-state index is -0.513. The molecule has 3 nitrogen and oxygen atoms in total. The minimum Gasteiger partial charge on any atom is -0.399 e. The lowest BCUT2D eigenvalue weighted by atomic mass is 9.76. The number of pyridine rings is 1. The largest absolute Gasteiger partial charge is 0.495 e. The third kappa shape index (κ3) is 2.25. The van der Waals surface area contributed by atoms with Crippen LogP contribution in [-0.4, -0.2) is 23.3 Å². The fraction of sp³-hybridized carbons (Fsp3) is 0.438. The number of halogens is 1. The average Bonchev–Trinajstić information content (AvgIpc) is 2.59. The Kier molecular flexibility index (Phi) is 3.12. The van der Waals surface area contributed by atoms with Crippen molar-refractivity contribution < 1.29 is 13.7 Å². The van der Waals surface area contributed by atoms with E-state index in [1.807, 2.05) is 46.8 Å². The summed E-state index contributed by atoms with van der Waals surface area (Å²) in [6.07, 6.45) is 0. The molecule has 1 fully saturated rings. The zero-order valence-electron chi connectivity index (χ0n) is 13.0. The standard InChI is InChI=1S/C16H19BFNO2/c1-10-9-12(11-7-6-8-13(18)14(11)19-10)17-20-15(2,3)16(4,5)21-17/h6-9H,1-5H3. The molecule has 1 aliphatic heterocycles. The third-order valence-electron chi connectivity index (χ3n) is 4.46. The van der Waals surface area contributed by atoms with Gasteiger partial charge < -0.3 is 9.31 Å². The van der Waals surface area contributed by atoms with Crippen LogP contribution in [0.4, 0.5) is 4.39 Å². The van der Waals surface area contributed by atoms with Crippen molar-refractivity contribution in [2.75, 3.05) is 0 Å². The van der Waals surface area contributed by atoms with E-state index in [9.17, 15) is 4.39 Å². The van der Waals surface area contributed by atoms with Gasteiger partial charge in [0, 0.05) is 11.1 Å². The average molecular weight is 287 g/mol. The Bertz CT molecular complexity index is 699. The molecule has 0 amide bonds. The summed E-state index contributed by atoms with van der Waals surface area (Å²) in [7, 11) is -0.513. The maximum Gasteiger partial charge on any atom is 0.495 e. The van der Waals surface area contributed by atoms with E-state index >= 15 is 0 Å².